The van der Waals surface area contributed by atoms with Crippen LogP contribution in [0.3, 0.4) is 0 Å². The molecule has 0 spiro atoms. The Labute approximate surface area is 397 Å². The van der Waals surface area contributed by atoms with Gasteiger partial charge in [-0.15, -0.1) is 0 Å². The molecule has 0 N–H and O–H groups in total. The number of hydrogen-bond acceptors (Lipinski definition) is 2. The Bertz CT molecular complexity index is 4050. The molecule has 0 amide bonds. The zero-order valence-electron chi connectivity index (χ0n) is 39.3. The Balaban J connectivity index is 1.23. The number of anilines is 3. The molecule has 4 heterocycles. The lowest BCUT2D eigenvalue weighted by Crippen LogP contribution is -2.56. The fourth-order valence-corrected chi connectivity index (χ4v) is 12.6. The number of rotatable bonds is 3. The van der Waals surface area contributed by atoms with Crippen LogP contribution in [0.25, 0.3) is 98.7 Å². The van der Waals surface area contributed by atoms with Gasteiger partial charge in [-0.25, -0.2) is 0 Å². The lowest BCUT2D eigenvalue weighted by molar-refractivity contribution is 0.593. The minimum absolute atomic E-state index is 0.144. The van der Waals surface area contributed by atoms with Crippen LogP contribution in [0, 0.1) is 0 Å². The summed E-state index contributed by atoms with van der Waals surface area (Å²) >= 11 is 0. The van der Waals surface area contributed by atoms with Gasteiger partial charge < -0.3 is 13.8 Å². The second kappa shape index (κ2) is 13.9. The lowest BCUT2D eigenvalue weighted by Gasteiger charge is -2.41. The number of hydrogen-bond donors (Lipinski definition) is 0. The van der Waals surface area contributed by atoms with E-state index in [0.717, 1.165) is 27.9 Å². The van der Waals surface area contributed by atoms with E-state index < -0.39 is 0 Å². The molecular formula is C64H49BN2O. The van der Waals surface area contributed by atoms with Crippen molar-refractivity contribution >= 4 is 100 Å². The molecule has 0 saturated carbocycles. The molecule has 10 aromatic carbocycles. The zero-order valence-corrected chi connectivity index (χ0v) is 39.3. The standard InChI is InChI=1S/C64H49BN2O/c1-63(2,3)59-44-25-13-14-26-45(44)60(64(4,5)6)50-36-53-51(35-49(50)59)65-61-54(66(53)42-33-40(38-20-9-7-10-21-38)32-41(34-42)39-22-11-8-12-23-39)37-56-57(47-27-16-18-31-55(47)68-56)58(61)48-29-19-28-46-43-24-15-17-30-52(43)67(65)62(46)48/h7-37H,1-6H3. The molecule has 4 heteroatoms. The first-order valence-corrected chi connectivity index (χ1v) is 24.1. The van der Waals surface area contributed by atoms with Gasteiger partial charge in [0.05, 0.1) is 0 Å². The Morgan fingerprint density at radius 1 is 0.426 bits per heavy atom. The third-order valence-electron chi connectivity index (χ3n) is 15.1. The van der Waals surface area contributed by atoms with E-state index in [1.54, 1.807) is 0 Å². The van der Waals surface area contributed by atoms with Crippen LogP contribution in [0.15, 0.2) is 192 Å². The summed E-state index contributed by atoms with van der Waals surface area (Å²) in [4.78, 5) is 2.60. The molecule has 0 bridgehead atoms. The average molecular weight is 873 g/mol. The molecule has 68 heavy (non-hydrogen) atoms. The van der Waals surface area contributed by atoms with Crippen LogP contribution < -0.4 is 15.8 Å². The smallest absolute Gasteiger partial charge is 0.333 e. The molecule has 0 unspecified atom stereocenters. The number of benzene rings is 10. The highest BCUT2D eigenvalue weighted by atomic mass is 16.3. The summed E-state index contributed by atoms with van der Waals surface area (Å²) in [5, 5.41) is 10.2. The topological polar surface area (TPSA) is 21.3 Å². The van der Waals surface area contributed by atoms with Crippen LogP contribution in [0.1, 0.15) is 52.7 Å². The van der Waals surface area contributed by atoms with Crippen molar-refractivity contribution in [2.24, 2.45) is 0 Å². The molecule has 14 rings (SSSR count). The zero-order chi connectivity index (χ0) is 45.8. The van der Waals surface area contributed by atoms with Gasteiger partial charge in [-0.05, 0) is 119 Å². The van der Waals surface area contributed by atoms with Gasteiger partial charge in [0.25, 0.3) is 0 Å². The van der Waals surface area contributed by atoms with E-state index in [-0.39, 0.29) is 17.7 Å². The fraction of sp³-hybridized carbons (Fsp3) is 0.125. The Kier molecular flexibility index (Phi) is 8.03. The van der Waals surface area contributed by atoms with Gasteiger partial charge in [0.1, 0.15) is 11.2 Å². The summed E-state index contributed by atoms with van der Waals surface area (Å²) in [7, 11) is 0. The number of nitrogens with zero attached hydrogens (tertiary/aromatic N) is 2. The van der Waals surface area contributed by atoms with Crippen molar-refractivity contribution in [3.8, 4) is 33.4 Å². The van der Waals surface area contributed by atoms with Gasteiger partial charge >= 0.3 is 6.85 Å². The number of furan rings is 1. The molecule has 2 aromatic heterocycles. The first-order chi connectivity index (χ1) is 33.0. The van der Waals surface area contributed by atoms with Gasteiger partial charge in [0.15, 0.2) is 0 Å². The van der Waals surface area contributed by atoms with E-state index >= 15 is 0 Å². The molecule has 2 aliphatic rings. The minimum atomic E-state index is -0.159. The molecule has 0 radical (unpaired) electrons. The molecule has 0 atom stereocenters. The maximum Gasteiger partial charge on any atom is 0.333 e. The summed E-state index contributed by atoms with van der Waals surface area (Å²) in [6, 6.07) is 70.3. The normalized spacial score (nSPS) is 13.4. The van der Waals surface area contributed by atoms with Crippen molar-refractivity contribution in [2.45, 2.75) is 52.4 Å². The van der Waals surface area contributed by atoms with E-state index in [9.17, 15) is 0 Å². The molecule has 3 nitrogen and oxygen atoms in total. The van der Waals surface area contributed by atoms with Crippen molar-refractivity contribution in [1.82, 2.24) is 4.48 Å². The van der Waals surface area contributed by atoms with Crippen LogP contribution >= 0.6 is 0 Å². The SMILES string of the molecule is CC(C)(C)c1c2ccccc2c(C(C)(C)C)c2cc3c(cc12)B1c2c(cc4oc5ccccc5c4c2-c2cccc4c5ccccc5n1c24)N3c1cc(-c2ccccc2)cc(-c2ccccc2)c1. The summed E-state index contributed by atoms with van der Waals surface area (Å²) in [6.07, 6.45) is 0. The van der Waals surface area contributed by atoms with Gasteiger partial charge in [-0.1, -0.05) is 187 Å². The van der Waals surface area contributed by atoms with Gasteiger partial charge in [-0.2, -0.15) is 0 Å². The molecule has 0 fully saturated rings. The second-order valence-electron chi connectivity index (χ2n) is 21.2. The summed E-state index contributed by atoms with van der Waals surface area (Å²) in [5.41, 5.74) is 20.0. The van der Waals surface area contributed by atoms with Gasteiger partial charge in [-0.3, -0.25) is 0 Å². The molecule has 2 aliphatic heterocycles. The van der Waals surface area contributed by atoms with Crippen LogP contribution in [0.4, 0.5) is 17.1 Å². The summed E-state index contributed by atoms with van der Waals surface area (Å²) < 4.78 is 9.72. The second-order valence-corrected chi connectivity index (χ2v) is 21.2. The molecule has 12 aromatic rings. The first-order valence-electron chi connectivity index (χ1n) is 24.1. The van der Waals surface area contributed by atoms with Crippen molar-refractivity contribution in [1.29, 1.82) is 0 Å². The van der Waals surface area contributed by atoms with Crippen molar-refractivity contribution < 1.29 is 4.42 Å². The highest BCUT2D eigenvalue weighted by molar-refractivity contribution is 6.90. The van der Waals surface area contributed by atoms with Crippen molar-refractivity contribution in [2.75, 3.05) is 4.90 Å². The highest BCUT2D eigenvalue weighted by Crippen LogP contribution is 2.52. The van der Waals surface area contributed by atoms with E-state index in [1.165, 1.54) is 110 Å². The Hall–Kier alpha value is -7.82. The van der Waals surface area contributed by atoms with Crippen LogP contribution in [0.5, 0.6) is 0 Å². The van der Waals surface area contributed by atoms with Crippen LogP contribution in [0.2, 0.25) is 0 Å². The maximum atomic E-state index is 7.02. The number of fused-ring (bicyclic) bond motifs is 13. The average Bonchev–Trinajstić information content (AvgIpc) is 3.89. The van der Waals surface area contributed by atoms with Gasteiger partial charge in [0.2, 0.25) is 0 Å². The summed E-state index contributed by atoms with van der Waals surface area (Å²) in [6.45, 7) is 14.2. The number of aromatic nitrogens is 1. The van der Waals surface area contributed by atoms with Crippen molar-refractivity contribution in [3.05, 3.63) is 199 Å². The predicted octanol–water partition coefficient (Wildman–Crippen LogP) is 16.3. The maximum absolute atomic E-state index is 7.02. The third kappa shape index (κ3) is 5.43. The molecule has 0 saturated heterocycles. The van der Waals surface area contributed by atoms with E-state index in [4.69, 9.17) is 4.42 Å². The Morgan fingerprint density at radius 2 is 0.985 bits per heavy atom. The molecule has 0 aliphatic carbocycles. The van der Waals surface area contributed by atoms with E-state index in [1.807, 2.05) is 0 Å². The molecule has 324 valence electrons. The van der Waals surface area contributed by atoms with Gasteiger partial charge in [0, 0.05) is 61.3 Å². The number of para-hydroxylation sites is 3. The third-order valence-corrected chi connectivity index (χ3v) is 15.1. The Morgan fingerprint density at radius 3 is 1.63 bits per heavy atom. The monoisotopic (exact) mass is 872 g/mol. The van der Waals surface area contributed by atoms with Crippen LogP contribution in [-0.2, 0) is 10.8 Å². The van der Waals surface area contributed by atoms with E-state index in [0.29, 0.717) is 0 Å². The first kappa shape index (κ1) is 39.4. The fourth-order valence-electron chi connectivity index (χ4n) is 12.6. The quantitative estimate of drug-likeness (QED) is 0.130. The summed E-state index contributed by atoms with van der Waals surface area (Å²) in [5.74, 6) is 0. The predicted molar refractivity (Wildman–Crippen MR) is 291 cm³/mol. The van der Waals surface area contributed by atoms with E-state index in [2.05, 4.69) is 239 Å². The van der Waals surface area contributed by atoms with Crippen LogP contribution in [-0.4, -0.2) is 11.3 Å². The largest absolute Gasteiger partial charge is 0.456 e. The minimum Gasteiger partial charge on any atom is -0.456 e. The molecular weight excluding hydrogens is 824 g/mol. The highest BCUT2D eigenvalue weighted by Gasteiger charge is 2.45. The van der Waals surface area contributed by atoms with Crippen molar-refractivity contribution in [3.63, 3.8) is 0 Å². The lowest BCUT2D eigenvalue weighted by atomic mass is 9.44.